The Morgan fingerprint density at radius 2 is 1.70 bits per heavy atom. The zero-order chi connectivity index (χ0) is 41.4. The molecular formula is C41H50BrN5O9S. The molecule has 0 unspecified atom stereocenters. The van der Waals surface area contributed by atoms with Crippen molar-refractivity contribution in [1.82, 2.24) is 25.2 Å². The number of sulfonamides is 1. The average molecular weight is 869 g/mol. The van der Waals surface area contributed by atoms with Crippen LogP contribution < -0.4 is 20.1 Å². The molecule has 16 heteroatoms. The number of ether oxygens (including phenoxy) is 2. The van der Waals surface area contributed by atoms with Crippen molar-refractivity contribution in [3.05, 3.63) is 46.9 Å². The van der Waals surface area contributed by atoms with E-state index in [1.807, 2.05) is 56.3 Å². The summed E-state index contributed by atoms with van der Waals surface area (Å²) in [5.41, 5.74) is -1.32. The Hall–Kier alpha value is -4.44. The molecule has 57 heavy (non-hydrogen) atoms. The van der Waals surface area contributed by atoms with Crippen LogP contribution in [0.5, 0.6) is 5.88 Å². The standard InChI is InChI=1S/C41H50BrN5O9S/c1-21(2)28-19-41(28,37(50)46-57(52,53)24-14-15-24)45-34(48)29-18-23(20-47(29)36(49)33(39(3,4)5)44-38(51)56-40(6,7)8)54-35-27-17-22(42)13-16-25(27)32-31(43-35)26-11-9-10-12-30(26)55-32/h9-13,16-17,21,23-24,28-29,33H,14-15,18-20H2,1-8H3,(H,44,51)(H,45,48)(H,46,50)/t23-,28+,29+,33-,41-/m1/s1. The number of carbonyl (C=O) groups excluding carboxylic acids is 4. The lowest BCUT2D eigenvalue weighted by molar-refractivity contribution is -0.143. The van der Waals surface area contributed by atoms with Gasteiger partial charge in [-0.2, -0.15) is 0 Å². The van der Waals surface area contributed by atoms with Crippen molar-refractivity contribution in [2.45, 2.75) is 116 Å². The number of benzene rings is 2. The predicted molar refractivity (Wildman–Crippen MR) is 218 cm³/mol. The van der Waals surface area contributed by atoms with Gasteiger partial charge in [0.1, 0.15) is 40.4 Å². The fourth-order valence-corrected chi connectivity index (χ4v) is 9.51. The zero-order valence-corrected chi connectivity index (χ0v) is 35.8. The van der Waals surface area contributed by atoms with E-state index in [1.165, 1.54) is 4.90 Å². The van der Waals surface area contributed by atoms with E-state index in [4.69, 9.17) is 18.9 Å². The van der Waals surface area contributed by atoms with Crippen molar-refractivity contribution < 1.29 is 41.5 Å². The van der Waals surface area contributed by atoms with E-state index in [9.17, 15) is 27.6 Å². The number of furan rings is 1. The van der Waals surface area contributed by atoms with Gasteiger partial charge in [0.15, 0.2) is 5.58 Å². The highest BCUT2D eigenvalue weighted by Crippen LogP contribution is 2.49. The SMILES string of the molecule is CC(C)[C@@H]1C[C@]1(NC(=O)[C@@H]1C[C@@H](Oc2nc3c4ccccc4oc3c3ccc(Br)cc23)CN1C(=O)[C@@H](NC(=O)OC(C)(C)C)C(C)(C)C)C(=O)NS(=O)(=O)C1CC1. The number of halogens is 1. The van der Waals surface area contributed by atoms with Crippen molar-refractivity contribution in [3.63, 3.8) is 0 Å². The molecule has 1 aliphatic heterocycles. The lowest BCUT2D eigenvalue weighted by Crippen LogP contribution is -2.60. The monoisotopic (exact) mass is 867 g/mol. The molecule has 1 saturated heterocycles. The summed E-state index contributed by atoms with van der Waals surface area (Å²) >= 11 is 3.56. The molecule has 0 spiro atoms. The molecule has 0 radical (unpaired) electrons. The van der Waals surface area contributed by atoms with E-state index in [-0.39, 0.29) is 37.1 Å². The molecule has 2 aliphatic carbocycles. The van der Waals surface area contributed by atoms with Gasteiger partial charge >= 0.3 is 6.09 Å². The Morgan fingerprint density at radius 3 is 2.33 bits per heavy atom. The van der Waals surface area contributed by atoms with E-state index in [0.29, 0.717) is 34.9 Å². The number of nitrogens with zero attached hydrogens (tertiary/aromatic N) is 2. The van der Waals surface area contributed by atoms with Crippen LogP contribution in [0.25, 0.3) is 32.8 Å². The van der Waals surface area contributed by atoms with Gasteiger partial charge in [0, 0.05) is 27.1 Å². The molecule has 3 heterocycles. The van der Waals surface area contributed by atoms with Gasteiger partial charge < -0.3 is 29.4 Å². The number of alkyl carbamates (subject to hydrolysis) is 1. The number of hydrogen-bond donors (Lipinski definition) is 3. The molecular weight excluding hydrogens is 818 g/mol. The number of para-hydroxylation sites is 1. The van der Waals surface area contributed by atoms with Crippen LogP contribution in [0.1, 0.15) is 81.1 Å². The first-order chi connectivity index (χ1) is 26.6. The molecule has 4 aromatic rings. The maximum Gasteiger partial charge on any atom is 0.408 e. The number of amides is 4. The average Bonchev–Trinajstić information content (AvgIpc) is 4.02. The van der Waals surface area contributed by atoms with Crippen LogP contribution >= 0.6 is 15.9 Å². The smallest absolute Gasteiger partial charge is 0.408 e. The Balaban J connectivity index is 1.24. The Bertz CT molecular complexity index is 2400. The molecule has 2 aromatic carbocycles. The summed E-state index contributed by atoms with van der Waals surface area (Å²) in [5, 5.41) is 7.20. The molecule has 306 valence electrons. The molecule has 2 saturated carbocycles. The third-order valence-corrected chi connectivity index (χ3v) is 13.2. The Labute approximate surface area is 340 Å². The second kappa shape index (κ2) is 14.4. The highest BCUT2D eigenvalue weighted by Gasteiger charge is 2.64. The fourth-order valence-electron chi connectivity index (χ4n) is 7.78. The molecule has 2 aromatic heterocycles. The van der Waals surface area contributed by atoms with Gasteiger partial charge in [-0.3, -0.25) is 19.1 Å². The van der Waals surface area contributed by atoms with E-state index in [2.05, 4.69) is 31.3 Å². The molecule has 4 amide bonds. The minimum absolute atomic E-state index is 0.00659. The van der Waals surface area contributed by atoms with Crippen LogP contribution in [0.3, 0.4) is 0 Å². The van der Waals surface area contributed by atoms with Crippen molar-refractivity contribution in [3.8, 4) is 5.88 Å². The largest absolute Gasteiger partial charge is 0.472 e. The zero-order valence-electron chi connectivity index (χ0n) is 33.4. The molecule has 0 bridgehead atoms. The maximum atomic E-state index is 14.7. The number of nitrogens with one attached hydrogen (secondary N) is 3. The molecule has 3 N–H and O–H groups in total. The quantitative estimate of drug-likeness (QED) is 0.163. The Morgan fingerprint density at radius 1 is 1.00 bits per heavy atom. The number of carbonyl (C=O) groups is 4. The highest BCUT2D eigenvalue weighted by molar-refractivity contribution is 9.10. The first-order valence-corrected chi connectivity index (χ1v) is 21.7. The van der Waals surface area contributed by atoms with Crippen molar-refractivity contribution in [2.75, 3.05) is 6.54 Å². The number of rotatable bonds is 10. The van der Waals surface area contributed by atoms with E-state index >= 15 is 0 Å². The topological polar surface area (TPSA) is 186 Å². The summed E-state index contributed by atoms with van der Waals surface area (Å²) in [7, 11) is -3.90. The van der Waals surface area contributed by atoms with Crippen LogP contribution in [0.2, 0.25) is 0 Å². The van der Waals surface area contributed by atoms with Crippen molar-refractivity contribution >= 4 is 82.6 Å². The van der Waals surface area contributed by atoms with Crippen LogP contribution in [-0.4, -0.2) is 83.2 Å². The molecule has 7 rings (SSSR count). The summed E-state index contributed by atoms with van der Waals surface area (Å²) in [5.74, 6) is -2.11. The van der Waals surface area contributed by atoms with Crippen molar-refractivity contribution in [2.24, 2.45) is 17.3 Å². The minimum Gasteiger partial charge on any atom is -0.472 e. The van der Waals surface area contributed by atoms with Crippen LogP contribution in [0, 0.1) is 17.3 Å². The van der Waals surface area contributed by atoms with Gasteiger partial charge in [0.25, 0.3) is 5.91 Å². The lowest BCUT2D eigenvalue weighted by atomic mass is 9.85. The van der Waals surface area contributed by atoms with Crippen LogP contribution in [0.15, 0.2) is 51.4 Å². The van der Waals surface area contributed by atoms with Gasteiger partial charge in [-0.15, -0.1) is 0 Å². The van der Waals surface area contributed by atoms with Crippen molar-refractivity contribution in [1.29, 1.82) is 0 Å². The number of fused-ring (bicyclic) bond motifs is 5. The van der Waals surface area contributed by atoms with Gasteiger partial charge in [-0.05, 0) is 87.6 Å². The predicted octanol–water partition coefficient (Wildman–Crippen LogP) is 6.32. The first kappa shape index (κ1) is 40.7. The summed E-state index contributed by atoms with van der Waals surface area (Å²) in [6.45, 7) is 14.3. The summed E-state index contributed by atoms with van der Waals surface area (Å²) in [6.07, 6.45) is -0.391. The lowest BCUT2D eigenvalue weighted by Gasteiger charge is -2.36. The second-order valence-corrected chi connectivity index (χ2v) is 20.9. The van der Waals surface area contributed by atoms with Gasteiger partial charge in [0.2, 0.25) is 27.7 Å². The highest BCUT2D eigenvalue weighted by atomic mass is 79.9. The molecule has 3 aliphatic rings. The van der Waals surface area contributed by atoms with E-state index in [0.717, 1.165) is 15.2 Å². The number of pyridine rings is 1. The van der Waals surface area contributed by atoms with E-state index < -0.39 is 73.8 Å². The van der Waals surface area contributed by atoms with Gasteiger partial charge in [0.05, 0.1) is 11.8 Å². The van der Waals surface area contributed by atoms with E-state index in [1.54, 1.807) is 41.5 Å². The Kier molecular flexibility index (Phi) is 10.3. The number of likely N-dealkylation sites (tertiary alicyclic amines) is 1. The number of aromatic nitrogens is 1. The first-order valence-electron chi connectivity index (χ1n) is 19.3. The summed E-state index contributed by atoms with van der Waals surface area (Å²) < 4.78 is 47.2. The van der Waals surface area contributed by atoms with Crippen LogP contribution in [0.4, 0.5) is 4.79 Å². The second-order valence-electron chi connectivity index (χ2n) is 18.0. The number of hydrogen-bond acceptors (Lipinski definition) is 10. The normalized spacial score (nSPS) is 23.1. The molecule has 5 atom stereocenters. The molecule has 14 nitrogen and oxygen atoms in total. The third kappa shape index (κ3) is 8.16. The molecule has 3 fully saturated rings. The van der Waals surface area contributed by atoms with Gasteiger partial charge in [-0.1, -0.05) is 62.7 Å². The summed E-state index contributed by atoms with van der Waals surface area (Å²) in [4.78, 5) is 62.5. The third-order valence-electron chi connectivity index (χ3n) is 10.9. The maximum absolute atomic E-state index is 14.7. The minimum atomic E-state index is -3.90. The summed E-state index contributed by atoms with van der Waals surface area (Å²) in [6, 6.07) is 10.9. The fraction of sp³-hybridized carbons (Fsp3) is 0.537. The van der Waals surface area contributed by atoms with Crippen LogP contribution in [-0.2, 0) is 29.1 Å². The van der Waals surface area contributed by atoms with Gasteiger partial charge in [-0.25, -0.2) is 18.2 Å².